The molecule has 0 aliphatic rings. The van der Waals surface area contributed by atoms with Gasteiger partial charge in [0.1, 0.15) is 11.9 Å². The lowest BCUT2D eigenvalue weighted by atomic mass is 10.1. The Hall–Kier alpha value is -3.73. The second-order valence-corrected chi connectivity index (χ2v) is 8.20. The van der Waals surface area contributed by atoms with Crippen LogP contribution in [0.4, 0.5) is 4.39 Å². The zero-order valence-electron chi connectivity index (χ0n) is 18.5. The SMILES string of the molecule is COC(=O)CCC(NC(=O)CSc1nc(-c2ccc(F)cc2)c(-c2ccncc2)n1C)C(=O)O. The summed E-state index contributed by atoms with van der Waals surface area (Å²) in [5.74, 6) is -2.76. The van der Waals surface area contributed by atoms with E-state index in [0.29, 0.717) is 16.4 Å². The summed E-state index contributed by atoms with van der Waals surface area (Å²) in [5, 5.41) is 12.3. The van der Waals surface area contributed by atoms with E-state index in [4.69, 9.17) is 0 Å². The molecule has 0 saturated carbocycles. The molecule has 11 heteroatoms. The molecule has 0 saturated heterocycles. The summed E-state index contributed by atoms with van der Waals surface area (Å²) in [4.78, 5) is 43.9. The largest absolute Gasteiger partial charge is 0.480 e. The molecule has 0 aliphatic heterocycles. The highest BCUT2D eigenvalue weighted by molar-refractivity contribution is 7.99. The van der Waals surface area contributed by atoms with Gasteiger partial charge in [0.25, 0.3) is 0 Å². The number of carboxylic acid groups (broad SMARTS) is 1. The minimum Gasteiger partial charge on any atom is -0.480 e. The molecule has 0 fully saturated rings. The van der Waals surface area contributed by atoms with Crippen LogP contribution in [0.3, 0.4) is 0 Å². The number of aliphatic carboxylic acids is 1. The van der Waals surface area contributed by atoms with Crippen LogP contribution in [0, 0.1) is 5.82 Å². The third-order valence-corrected chi connectivity index (χ3v) is 5.99. The van der Waals surface area contributed by atoms with Gasteiger partial charge in [0.05, 0.1) is 24.3 Å². The lowest BCUT2D eigenvalue weighted by Crippen LogP contribution is -2.42. The van der Waals surface area contributed by atoms with E-state index in [1.807, 2.05) is 16.7 Å². The van der Waals surface area contributed by atoms with Crippen LogP contribution in [-0.2, 0) is 26.2 Å². The highest BCUT2D eigenvalue weighted by atomic mass is 32.2. The van der Waals surface area contributed by atoms with E-state index in [9.17, 15) is 23.9 Å². The van der Waals surface area contributed by atoms with E-state index < -0.39 is 23.9 Å². The molecule has 1 unspecified atom stereocenters. The monoisotopic (exact) mass is 486 g/mol. The number of nitrogens with one attached hydrogen (secondary N) is 1. The van der Waals surface area contributed by atoms with Gasteiger partial charge in [-0.3, -0.25) is 14.6 Å². The molecule has 1 atom stereocenters. The van der Waals surface area contributed by atoms with Crippen LogP contribution in [-0.4, -0.2) is 56.4 Å². The normalized spacial score (nSPS) is 11.6. The molecule has 9 nitrogen and oxygen atoms in total. The Labute approximate surface area is 199 Å². The maximum atomic E-state index is 13.5. The molecular formula is C23H23FN4O5S. The van der Waals surface area contributed by atoms with Crippen molar-refractivity contribution in [2.75, 3.05) is 12.9 Å². The summed E-state index contributed by atoms with van der Waals surface area (Å²) >= 11 is 1.13. The number of ether oxygens (including phenoxy) is 1. The van der Waals surface area contributed by atoms with Gasteiger partial charge in [0.2, 0.25) is 5.91 Å². The zero-order valence-corrected chi connectivity index (χ0v) is 19.3. The molecule has 34 heavy (non-hydrogen) atoms. The molecule has 3 aromatic rings. The lowest BCUT2D eigenvalue weighted by Gasteiger charge is -2.13. The fraction of sp³-hybridized carbons (Fsp3) is 0.261. The molecular weight excluding hydrogens is 463 g/mol. The number of carbonyl (C=O) groups is 3. The van der Waals surface area contributed by atoms with Crippen molar-refractivity contribution in [3.63, 3.8) is 0 Å². The van der Waals surface area contributed by atoms with Crippen LogP contribution in [0.15, 0.2) is 53.9 Å². The number of imidazole rings is 1. The number of carboxylic acids is 1. The molecule has 0 radical (unpaired) electrons. The van der Waals surface area contributed by atoms with Crippen LogP contribution in [0.5, 0.6) is 0 Å². The average Bonchev–Trinajstić information content (AvgIpc) is 3.16. The number of hydrogen-bond donors (Lipinski definition) is 2. The van der Waals surface area contributed by atoms with Crippen molar-refractivity contribution >= 4 is 29.6 Å². The minimum absolute atomic E-state index is 0.0816. The quantitative estimate of drug-likeness (QED) is 0.331. The Morgan fingerprint density at radius 3 is 2.44 bits per heavy atom. The summed E-state index contributed by atoms with van der Waals surface area (Å²) in [6.07, 6.45) is 3.09. The first-order valence-corrected chi connectivity index (χ1v) is 11.2. The number of thioether (sulfide) groups is 1. The molecule has 2 aromatic heterocycles. The first-order chi connectivity index (χ1) is 16.3. The van der Waals surface area contributed by atoms with Crippen molar-refractivity contribution in [3.8, 4) is 22.5 Å². The Morgan fingerprint density at radius 2 is 1.82 bits per heavy atom. The number of pyridine rings is 1. The van der Waals surface area contributed by atoms with Gasteiger partial charge in [0, 0.05) is 37.0 Å². The van der Waals surface area contributed by atoms with Gasteiger partial charge in [-0.2, -0.15) is 0 Å². The van der Waals surface area contributed by atoms with Crippen molar-refractivity contribution in [2.24, 2.45) is 7.05 Å². The number of amides is 1. The summed E-state index contributed by atoms with van der Waals surface area (Å²) < 4.78 is 19.8. The number of carbonyl (C=O) groups excluding carboxylic acids is 2. The summed E-state index contributed by atoms with van der Waals surface area (Å²) in [6.45, 7) is 0. The maximum absolute atomic E-state index is 13.5. The van der Waals surface area contributed by atoms with Gasteiger partial charge >= 0.3 is 11.9 Å². The second-order valence-electron chi connectivity index (χ2n) is 7.26. The first-order valence-electron chi connectivity index (χ1n) is 10.2. The number of methoxy groups -OCH3 is 1. The van der Waals surface area contributed by atoms with E-state index >= 15 is 0 Å². The molecule has 1 amide bonds. The number of aromatic nitrogens is 3. The van der Waals surface area contributed by atoms with Crippen molar-refractivity contribution in [2.45, 2.75) is 24.0 Å². The lowest BCUT2D eigenvalue weighted by molar-refractivity contribution is -0.143. The van der Waals surface area contributed by atoms with Crippen molar-refractivity contribution < 1.29 is 28.6 Å². The van der Waals surface area contributed by atoms with Crippen LogP contribution in [0.2, 0.25) is 0 Å². The third-order valence-electron chi connectivity index (χ3n) is 4.96. The summed E-state index contributed by atoms with van der Waals surface area (Å²) in [6, 6.07) is 8.39. The molecule has 2 heterocycles. The van der Waals surface area contributed by atoms with Crippen molar-refractivity contribution in [1.29, 1.82) is 0 Å². The van der Waals surface area contributed by atoms with E-state index in [1.165, 1.54) is 19.2 Å². The van der Waals surface area contributed by atoms with Crippen molar-refractivity contribution in [1.82, 2.24) is 19.9 Å². The van der Waals surface area contributed by atoms with Gasteiger partial charge in [0.15, 0.2) is 5.16 Å². The Morgan fingerprint density at radius 1 is 1.15 bits per heavy atom. The van der Waals surface area contributed by atoms with Crippen LogP contribution in [0.1, 0.15) is 12.8 Å². The topological polar surface area (TPSA) is 123 Å². The molecule has 0 aliphatic carbocycles. The van der Waals surface area contributed by atoms with Crippen LogP contribution in [0.25, 0.3) is 22.5 Å². The van der Waals surface area contributed by atoms with E-state index in [-0.39, 0.29) is 24.4 Å². The van der Waals surface area contributed by atoms with Gasteiger partial charge in [-0.05, 0) is 42.8 Å². The van der Waals surface area contributed by atoms with Gasteiger partial charge < -0.3 is 19.7 Å². The maximum Gasteiger partial charge on any atom is 0.326 e. The fourth-order valence-corrected chi connectivity index (χ4v) is 4.03. The molecule has 2 N–H and O–H groups in total. The number of esters is 1. The van der Waals surface area contributed by atoms with E-state index in [1.54, 1.807) is 31.6 Å². The number of halogens is 1. The average molecular weight is 487 g/mol. The first kappa shape index (κ1) is 24.9. The third kappa shape index (κ3) is 6.19. The van der Waals surface area contributed by atoms with Gasteiger partial charge in [-0.15, -0.1) is 0 Å². The fourth-order valence-electron chi connectivity index (χ4n) is 3.24. The molecule has 3 rings (SSSR count). The number of rotatable bonds is 10. The zero-order chi connectivity index (χ0) is 24.7. The van der Waals surface area contributed by atoms with Gasteiger partial charge in [-0.1, -0.05) is 11.8 Å². The number of nitrogens with zero attached hydrogens (tertiary/aromatic N) is 3. The Bertz CT molecular complexity index is 1170. The van der Waals surface area contributed by atoms with Gasteiger partial charge in [-0.25, -0.2) is 14.2 Å². The molecule has 0 spiro atoms. The standard InChI is InChI=1S/C23H23FN4O5S/c1-28-21(15-9-11-25-12-10-15)20(14-3-5-16(24)6-4-14)27-23(28)34-13-18(29)26-17(22(31)32)7-8-19(30)33-2/h3-6,9-12,17H,7-8,13H2,1-2H3,(H,26,29)(H,31,32). The smallest absolute Gasteiger partial charge is 0.326 e. The predicted molar refractivity (Wildman–Crippen MR) is 123 cm³/mol. The molecule has 178 valence electrons. The number of hydrogen-bond acceptors (Lipinski definition) is 7. The Balaban J connectivity index is 1.79. The summed E-state index contributed by atoms with van der Waals surface area (Å²) in [5.41, 5.74) is 2.92. The minimum atomic E-state index is -1.24. The molecule has 0 bridgehead atoms. The van der Waals surface area contributed by atoms with E-state index in [2.05, 4.69) is 20.0 Å². The van der Waals surface area contributed by atoms with Crippen LogP contribution < -0.4 is 5.32 Å². The Kier molecular flexibility index (Phi) is 8.36. The second kappa shape index (κ2) is 11.4. The summed E-state index contributed by atoms with van der Waals surface area (Å²) in [7, 11) is 3.01. The molecule has 1 aromatic carbocycles. The highest BCUT2D eigenvalue weighted by Crippen LogP contribution is 2.35. The van der Waals surface area contributed by atoms with Crippen molar-refractivity contribution in [3.05, 3.63) is 54.6 Å². The predicted octanol–water partition coefficient (Wildman–Crippen LogP) is 2.90. The van der Waals surface area contributed by atoms with Crippen LogP contribution >= 0.6 is 11.8 Å². The number of benzene rings is 1. The highest BCUT2D eigenvalue weighted by Gasteiger charge is 2.23. The van der Waals surface area contributed by atoms with E-state index in [0.717, 1.165) is 23.0 Å².